The summed E-state index contributed by atoms with van der Waals surface area (Å²) < 4.78 is 12.3. The SMILES string of the molecule is COc1ccc(OC)c(-c2cc(C(=O)Nc3cccc(C#N)c3)nn2C)c1. The van der Waals surface area contributed by atoms with E-state index in [1.54, 1.807) is 68.4 Å². The first-order chi connectivity index (χ1) is 13.0. The molecule has 3 rings (SSSR count). The number of methoxy groups -OCH3 is 2. The van der Waals surface area contributed by atoms with Crippen LogP contribution in [0.3, 0.4) is 0 Å². The van der Waals surface area contributed by atoms with Gasteiger partial charge in [-0.2, -0.15) is 10.4 Å². The zero-order chi connectivity index (χ0) is 19.4. The highest BCUT2D eigenvalue weighted by Gasteiger charge is 2.17. The lowest BCUT2D eigenvalue weighted by atomic mass is 10.1. The first kappa shape index (κ1) is 18.0. The molecule has 0 aliphatic rings. The summed E-state index contributed by atoms with van der Waals surface area (Å²) in [6, 6.07) is 15.8. The molecule has 0 aliphatic heterocycles. The second-order valence-electron chi connectivity index (χ2n) is 5.75. The summed E-state index contributed by atoms with van der Waals surface area (Å²) in [5, 5.41) is 16.0. The molecule has 1 N–H and O–H groups in total. The molecule has 0 spiro atoms. The average molecular weight is 362 g/mol. The number of carbonyl (C=O) groups excluding carboxylic acids is 1. The maximum Gasteiger partial charge on any atom is 0.276 e. The molecule has 2 aromatic carbocycles. The Hall–Kier alpha value is -3.79. The van der Waals surface area contributed by atoms with Crippen LogP contribution in [0.2, 0.25) is 0 Å². The number of rotatable bonds is 5. The molecule has 0 atom stereocenters. The van der Waals surface area contributed by atoms with Crippen molar-refractivity contribution in [2.45, 2.75) is 0 Å². The lowest BCUT2D eigenvalue weighted by molar-refractivity contribution is 0.102. The fourth-order valence-corrected chi connectivity index (χ4v) is 2.71. The van der Waals surface area contributed by atoms with Crippen molar-refractivity contribution in [3.63, 3.8) is 0 Å². The van der Waals surface area contributed by atoms with Crippen LogP contribution < -0.4 is 14.8 Å². The van der Waals surface area contributed by atoms with Gasteiger partial charge in [0.1, 0.15) is 11.5 Å². The van der Waals surface area contributed by atoms with E-state index in [0.717, 1.165) is 5.56 Å². The predicted octanol–water partition coefficient (Wildman–Crippen LogP) is 3.23. The summed E-state index contributed by atoms with van der Waals surface area (Å²) in [5.74, 6) is 0.951. The van der Waals surface area contributed by atoms with E-state index in [0.29, 0.717) is 28.4 Å². The van der Waals surface area contributed by atoms with Crippen molar-refractivity contribution < 1.29 is 14.3 Å². The zero-order valence-corrected chi connectivity index (χ0v) is 15.2. The fourth-order valence-electron chi connectivity index (χ4n) is 2.71. The molecule has 0 saturated carbocycles. The van der Waals surface area contributed by atoms with Crippen molar-refractivity contribution in [1.29, 1.82) is 5.26 Å². The van der Waals surface area contributed by atoms with Gasteiger partial charge < -0.3 is 14.8 Å². The standard InChI is InChI=1S/C20H18N4O3/c1-24-18(16-10-15(26-2)7-8-19(16)27-3)11-17(23-24)20(25)22-14-6-4-5-13(9-14)12-21/h4-11H,1-3H3,(H,22,25). The number of aryl methyl sites for hydroxylation is 1. The lowest BCUT2D eigenvalue weighted by Gasteiger charge is -2.10. The van der Waals surface area contributed by atoms with Crippen LogP contribution >= 0.6 is 0 Å². The summed E-state index contributed by atoms with van der Waals surface area (Å²) in [6.07, 6.45) is 0. The van der Waals surface area contributed by atoms with Gasteiger partial charge in [0, 0.05) is 18.3 Å². The predicted molar refractivity (Wildman–Crippen MR) is 101 cm³/mol. The number of benzene rings is 2. The Balaban J connectivity index is 1.92. The summed E-state index contributed by atoms with van der Waals surface area (Å²) >= 11 is 0. The number of nitriles is 1. The lowest BCUT2D eigenvalue weighted by Crippen LogP contribution is -2.13. The highest BCUT2D eigenvalue weighted by atomic mass is 16.5. The van der Waals surface area contributed by atoms with Gasteiger partial charge in [0.2, 0.25) is 0 Å². The van der Waals surface area contributed by atoms with Crippen LogP contribution in [-0.4, -0.2) is 29.9 Å². The van der Waals surface area contributed by atoms with Crippen molar-refractivity contribution in [2.24, 2.45) is 7.05 Å². The minimum atomic E-state index is -0.367. The van der Waals surface area contributed by atoms with Crippen LogP contribution in [0.1, 0.15) is 16.1 Å². The van der Waals surface area contributed by atoms with E-state index in [4.69, 9.17) is 14.7 Å². The van der Waals surface area contributed by atoms with Gasteiger partial charge in [-0.25, -0.2) is 0 Å². The van der Waals surface area contributed by atoms with Gasteiger partial charge in [-0.05, 0) is 42.5 Å². The van der Waals surface area contributed by atoms with E-state index in [2.05, 4.69) is 10.4 Å². The Kier molecular flexibility index (Phi) is 5.08. The molecule has 0 saturated heterocycles. The number of aromatic nitrogens is 2. The fraction of sp³-hybridized carbons (Fsp3) is 0.150. The van der Waals surface area contributed by atoms with Gasteiger partial charge in [-0.3, -0.25) is 9.48 Å². The second-order valence-corrected chi connectivity index (χ2v) is 5.75. The molecule has 0 fully saturated rings. The highest BCUT2D eigenvalue weighted by Crippen LogP contribution is 2.33. The molecule has 0 unspecified atom stereocenters. The third-order valence-electron chi connectivity index (χ3n) is 4.04. The van der Waals surface area contributed by atoms with E-state index in [9.17, 15) is 4.79 Å². The van der Waals surface area contributed by atoms with Crippen LogP contribution in [0, 0.1) is 11.3 Å². The van der Waals surface area contributed by atoms with Gasteiger partial charge in [0.25, 0.3) is 5.91 Å². The number of amides is 1. The topological polar surface area (TPSA) is 89.2 Å². The molecular formula is C20H18N4O3. The minimum absolute atomic E-state index is 0.250. The molecule has 0 radical (unpaired) electrons. The third-order valence-corrected chi connectivity index (χ3v) is 4.04. The average Bonchev–Trinajstić information content (AvgIpc) is 3.09. The molecule has 7 nitrogen and oxygen atoms in total. The Morgan fingerprint density at radius 3 is 2.67 bits per heavy atom. The second kappa shape index (κ2) is 7.62. The number of anilines is 1. The smallest absolute Gasteiger partial charge is 0.276 e. The van der Waals surface area contributed by atoms with Crippen molar-refractivity contribution in [3.8, 4) is 28.8 Å². The van der Waals surface area contributed by atoms with E-state index in [1.807, 2.05) is 12.1 Å². The Labute approximate surface area is 156 Å². The number of nitrogens with zero attached hydrogens (tertiary/aromatic N) is 3. The summed E-state index contributed by atoms with van der Waals surface area (Å²) in [4.78, 5) is 12.6. The molecular weight excluding hydrogens is 344 g/mol. The minimum Gasteiger partial charge on any atom is -0.497 e. The monoisotopic (exact) mass is 362 g/mol. The molecule has 1 heterocycles. The summed E-state index contributed by atoms with van der Waals surface area (Å²) in [6.45, 7) is 0. The van der Waals surface area contributed by atoms with Gasteiger partial charge in [-0.1, -0.05) is 6.07 Å². The number of hydrogen-bond acceptors (Lipinski definition) is 5. The largest absolute Gasteiger partial charge is 0.497 e. The number of nitrogens with one attached hydrogen (secondary N) is 1. The summed E-state index contributed by atoms with van der Waals surface area (Å²) in [7, 11) is 4.92. The molecule has 0 bridgehead atoms. The Morgan fingerprint density at radius 2 is 1.96 bits per heavy atom. The highest BCUT2D eigenvalue weighted by molar-refractivity contribution is 6.03. The van der Waals surface area contributed by atoms with E-state index in [1.165, 1.54) is 0 Å². The molecule has 27 heavy (non-hydrogen) atoms. The van der Waals surface area contributed by atoms with Crippen LogP contribution in [0.4, 0.5) is 5.69 Å². The number of carbonyl (C=O) groups is 1. The Morgan fingerprint density at radius 1 is 1.15 bits per heavy atom. The van der Waals surface area contributed by atoms with Crippen LogP contribution in [0.25, 0.3) is 11.3 Å². The van der Waals surface area contributed by atoms with Crippen molar-refractivity contribution >= 4 is 11.6 Å². The van der Waals surface area contributed by atoms with Gasteiger partial charge in [0.05, 0.1) is 31.5 Å². The molecule has 1 amide bonds. The van der Waals surface area contributed by atoms with Gasteiger partial charge in [0.15, 0.2) is 5.69 Å². The van der Waals surface area contributed by atoms with Crippen LogP contribution in [-0.2, 0) is 7.05 Å². The van der Waals surface area contributed by atoms with Gasteiger partial charge >= 0.3 is 0 Å². The molecule has 136 valence electrons. The Bertz CT molecular complexity index is 1030. The normalized spacial score (nSPS) is 10.1. The zero-order valence-electron chi connectivity index (χ0n) is 15.2. The number of hydrogen-bond donors (Lipinski definition) is 1. The van der Waals surface area contributed by atoms with Crippen molar-refractivity contribution in [2.75, 3.05) is 19.5 Å². The van der Waals surface area contributed by atoms with E-state index in [-0.39, 0.29) is 11.6 Å². The molecule has 0 aliphatic carbocycles. The number of ether oxygens (including phenoxy) is 2. The van der Waals surface area contributed by atoms with Crippen LogP contribution in [0.5, 0.6) is 11.5 Å². The maximum absolute atomic E-state index is 12.6. The summed E-state index contributed by atoms with van der Waals surface area (Å²) in [5.41, 5.74) is 2.72. The van der Waals surface area contributed by atoms with E-state index < -0.39 is 0 Å². The van der Waals surface area contributed by atoms with Crippen molar-refractivity contribution in [3.05, 3.63) is 59.8 Å². The van der Waals surface area contributed by atoms with Crippen molar-refractivity contribution in [1.82, 2.24) is 9.78 Å². The quantitative estimate of drug-likeness (QED) is 0.753. The molecule has 3 aromatic rings. The first-order valence-corrected chi connectivity index (χ1v) is 8.13. The molecule has 7 heteroatoms. The van der Waals surface area contributed by atoms with Crippen LogP contribution in [0.15, 0.2) is 48.5 Å². The maximum atomic E-state index is 12.6. The third kappa shape index (κ3) is 3.75. The van der Waals surface area contributed by atoms with Gasteiger partial charge in [-0.15, -0.1) is 0 Å². The first-order valence-electron chi connectivity index (χ1n) is 8.13. The van der Waals surface area contributed by atoms with E-state index >= 15 is 0 Å². The molecule has 1 aromatic heterocycles.